The Labute approximate surface area is 151 Å². The highest BCUT2D eigenvalue weighted by molar-refractivity contribution is 7.17. The fraction of sp³-hybridized carbons (Fsp3) is 0.471. The second-order valence-electron chi connectivity index (χ2n) is 5.79. The molecule has 3 heterocycles. The zero-order chi connectivity index (χ0) is 17.5. The van der Waals surface area contributed by atoms with Crippen LogP contribution in [-0.2, 0) is 4.74 Å². The van der Waals surface area contributed by atoms with E-state index in [1.165, 1.54) is 11.3 Å². The molecule has 0 radical (unpaired) electrons. The van der Waals surface area contributed by atoms with Gasteiger partial charge in [0.15, 0.2) is 5.13 Å². The minimum Gasteiger partial charge on any atom is -0.384 e. The standard InChI is InChI=1S/C17H23N5O2S/c1-13-15(25-17(21-13)22-8-10-24-11-9-22)16(23)20-7-3-6-19-14-4-2-5-18-12-14/h2,4-5,12,19H,3,6-11H2,1H3,(H,20,23). The first-order valence-electron chi connectivity index (χ1n) is 8.46. The van der Waals surface area contributed by atoms with E-state index >= 15 is 0 Å². The van der Waals surface area contributed by atoms with Crippen LogP contribution < -0.4 is 15.5 Å². The lowest BCUT2D eigenvalue weighted by Gasteiger charge is -2.25. The Hall–Kier alpha value is -2.19. The van der Waals surface area contributed by atoms with Crippen LogP contribution in [0.2, 0.25) is 0 Å². The number of rotatable bonds is 7. The van der Waals surface area contributed by atoms with Crippen molar-refractivity contribution in [3.63, 3.8) is 0 Å². The highest BCUT2D eigenvalue weighted by Gasteiger charge is 2.20. The summed E-state index contributed by atoms with van der Waals surface area (Å²) in [6, 6.07) is 3.86. The van der Waals surface area contributed by atoms with Gasteiger partial charge in [-0.15, -0.1) is 0 Å². The first kappa shape index (κ1) is 17.6. The van der Waals surface area contributed by atoms with Gasteiger partial charge in [0.2, 0.25) is 0 Å². The van der Waals surface area contributed by atoms with Crippen molar-refractivity contribution in [1.29, 1.82) is 0 Å². The number of ether oxygens (including phenoxy) is 1. The van der Waals surface area contributed by atoms with Gasteiger partial charge in [0, 0.05) is 38.6 Å². The zero-order valence-electron chi connectivity index (χ0n) is 14.3. The van der Waals surface area contributed by atoms with Crippen molar-refractivity contribution in [1.82, 2.24) is 15.3 Å². The van der Waals surface area contributed by atoms with Crippen LogP contribution in [0.3, 0.4) is 0 Å². The lowest BCUT2D eigenvalue weighted by atomic mass is 10.3. The summed E-state index contributed by atoms with van der Waals surface area (Å²) in [6.45, 7) is 6.37. The Morgan fingerprint density at radius 1 is 1.36 bits per heavy atom. The van der Waals surface area contributed by atoms with Crippen LogP contribution in [0.5, 0.6) is 0 Å². The van der Waals surface area contributed by atoms with Crippen molar-refractivity contribution < 1.29 is 9.53 Å². The summed E-state index contributed by atoms with van der Waals surface area (Å²) in [5.41, 5.74) is 1.78. The molecule has 1 amide bonds. The number of hydrogen-bond acceptors (Lipinski definition) is 7. The van der Waals surface area contributed by atoms with Gasteiger partial charge in [0.25, 0.3) is 5.91 Å². The minimum atomic E-state index is -0.0455. The molecule has 1 aliphatic heterocycles. The largest absolute Gasteiger partial charge is 0.384 e. The van der Waals surface area contributed by atoms with Gasteiger partial charge in [-0.25, -0.2) is 4.98 Å². The van der Waals surface area contributed by atoms with Gasteiger partial charge < -0.3 is 20.3 Å². The molecule has 1 fully saturated rings. The SMILES string of the molecule is Cc1nc(N2CCOCC2)sc1C(=O)NCCCNc1cccnc1. The molecule has 0 spiro atoms. The molecule has 0 atom stereocenters. The first-order chi connectivity index (χ1) is 12.2. The predicted octanol–water partition coefficient (Wildman–Crippen LogP) is 1.92. The van der Waals surface area contributed by atoms with E-state index in [0.29, 0.717) is 24.6 Å². The summed E-state index contributed by atoms with van der Waals surface area (Å²) in [7, 11) is 0. The number of pyridine rings is 1. The second kappa shape index (κ2) is 8.77. The normalized spacial score (nSPS) is 14.4. The van der Waals surface area contributed by atoms with Crippen LogP contribution in [0.15, 0.2) is 24.5 Å². The second-order valence-corrected chi connectivity index (χ2v) is 6.77. The van der Waals surface area contributed by atoms with Crippen LogP contribution in [-0.4, -0.2) is 55.3 Å². The van der Waals surface area contributed by atoms with Gasteiger partial charge in [0.05, 0.1) is 24.6 Å². The van der Waals surface area contributed by atoms with Gasteiger partial charge in [-0.2, -0.15) is 0 Å². The molecule has 0 saturated carbocycles. The van der Waals surface area contributed by atoms with Crippen LogP contribution in [0.1, 0.15) is 21.8 Å². The van der Waals surface area contributed by atoms with Crippen molar-refractivity contribution in [3.05, 3.63) is 35.1 Å². The first-order valence-corrected chi connectivity index (χ1v) is 9.28. The van der Waals surface area contributed by atoms with E-state index in [4.69, 9.17) is 4.74 Å². The lowest BCUT2D eigenvalue weighted by molar-refractivity contribution is 0.0957. The van der Waals surface area contributed by atoms with Gasteiger partial charge in [0.1, 0.15) is 4.88 Å². The average Bonchev–Trinajstić information content (AvgIpc) is 3.05. The third-order valence-corrected chi connectivity index (χ3v) is 5.12. The van der Waals surface area contributed by atoms with E-state index in [1.807, 2.05) is 19.1 Å². The Morgan fingerprint density at radius 3 is 2.96 bits per heavy atom. The van der Waals surface area contributed by atoms with E-state index in [-0.39, 0.29) is 5.91 Å². The highest BCUT2D eigenvalue weighted by Crippen LogP contribution is 2.26. The van der Waals surface area contributed by atoms with E-state index < -0.39 is 0 Å². The summed E-state index contributed by atoms with van der Waals surface area (Å²) < 4.78 is 5.36. The Bertz CT molecular complexity index is 686. The summed E-state index contributed by atoms with van der Waals surface area (Å²) in [5, 5.41) is 7.16. The molecule has 3 rings (SSSR count). The van der Waals surface area contributed by atoms with Gasteiger partial charge in [-0.1, -0.05) is 11.3 Å². The predicted molar refractivity (Wildman–Crippen MR) is 99.6 cm³/mol. The number of morpholine rings is 1. The topological polar surface area (TPSA) is 79.4 Å². The monoisotopic (exact) mass is 361 g/mol. The molecule has 0 unspecified atom stereocenters. The number of hydrogen-bond donors (Lipinski definition) is 2. The number of aromatic nitrogens is 2. The summed E-state index contributed by atoms with van der Waals surface area (Å²) in [4.78, 5) is 23.9. The number of aryl methyl sites for hydroxylation is 1. The third kappa shape index (κ3) is 4.90. The number of carbonyl (C=O) groups excluding carboxylic acids is 1. The molecule has 0 bridgehead atoms. The summed E-state index contributed by atoms with van der Waals surface area (Å²) in [5.74, 6) is -0.0455. The lowest BCUT2D eigenvalue weighted by Crippen LogP contribution is -2.36. The van der Waals surface area contributed by atoms with Crippen LogP contribution in [0.4, 0.5) is 10.8 Å². The van der Waals surface area contributed by atoms with Crippen molar-refractivity contribution in [2.75, 3.05) is 49.6 Å². The molecule has 25 heavy (non-hydrogen) atoms. The van der Waals surface area contributed by atoms with Crippen molar-refractivity contribution in [2.45, 2.75) is 13.3 Å². The molecule has 2 aromatic heterocycles. The molecule has 0 aliphatic carbocycles. The fourth-order valence-corrected chi connectivity index (χ4v) is 3.59. The van der Waals surface area contributed by atoms with Gasteiger partial charge >= 0.3 is 0 Å². The van der Waals surface area contributed by atoms with Crippen LogP contribution in [0.25, 0.3) is 0 Å². The van der Waals surface area contributed by atoms with Crippen molar-refractivity contribution in [2.24, 2.45) is 0 Å². The van der Waals surface area contributed by atoms with Gasteiger partial charge in [-0.05, 0) is 25.5 Å². The van der Waals surface area contributed by atoms with Crippen LogP contribution in [0, 0.1) is 6.92 Å². The Kier molecular flexibility index (Phi) is 6.19. The average molecular weight is 361 g/mol. The quantitative estimate of drug-likeness (QED) is 0.734. The molecule has 1 aliphatic rings. The van der Waals surface area contributed by atoms with Crippen LogP contribution >= 0.6 is 11.3 Å². The number of nitrogens with one attached hydrogen (secondary N) is 2. The molecule has 8 heteroatoms. The highest BCUT2D eigenvalue weighted by atomic mass is 32.1. The van der Waals surface area contributed by atoms with E-state index in [9.17, 15) is 4.79 Å². The Balaban J connectivity index is 1.44. The maximum atomic E-state index is 12.4. The van der Waals surface area contributed by atoms with Crippen molar-refractivity contribution >= 4 is 28.1 Å². The Morgan fingerprint density at radius 2 is 2.20 bits per heavy atom. The summed E-state index contributed by atoms with van der Waals surface area (Å²) >= 11 is 1.46. The summed E-state index contributed by atoms with van der Waals surface area (Å²) in [6.07, 6.45) is 4.37. The molecule has 2 N–H and O–H groups in total. The van der Waals surface area contributed by atoms with Gasteiger partial charge in [-0.3, -0.25) is 9.78 Å². The maximum absolute atomic E-state index is 12.4. The van der Waals surface area contributed by atoms with E-state index in [0.717, 1.165) is 42.6 Å². The molecular formula is C17H23N5O2S. The maximum Gasteiger partial charge on any atom is 0.263 e. The van der Waals surface area contributed by atoms with Crippen molar-refractivity contribution in [3.8, 4) is 0 Å². The molecular weight excluding hydrogens is 338 g/mol. The smallest absolute Gasteiger partial charge is 0.263 e. The fourth-order valence-electron chi connectivity index (χ4n) is 2.55. The molecule has 134 valence electrons. The van der Waals surface area contributed by atoms with E-state index in [2.05, 4.69) is 25.5 Å². The number of amides is 1. The third-order valence-electron chi connectivity index (χ3n) is 3.90. The number of thiazole rings is 1. The van der Waals surface area contributed by atoms with E-state index in [1.54, 1.807) is 12.4 Å². The zero-order valence-corrected chi connectivity index (χ0v) is 15.1. The number of anilines is 2. The molecule has 1 saturated heterocycles. The number of carbonyl (C=O) groups is 1. The molecule has 2 aromatic rings. The number of nitrogens with zero attached hydrogens (tertiary/aromatic N) is 3. The molecule has 7 nitrogen and oxygen atoms in total. The minimum absolute atomic E-state index is 0.0455. The molecule has 0 aromatic carbocycles.